The Morgan fingerprint density at radius 1 is 1.60 bits per heavy atom. The van der Waals surface area contributed by atoms with Crippen LogP contribution in [-0.4, -0.2) is 27.1 Å². The highest BCUT2D eigenvalue weighted by Crippen LogP contribution is 2.06. The molecule has 0 saturated heterocycles. The summed E-state index contributed by atoms with van der Waals surface area (Å²) in [4.78, 5) is 15.8. The molecule has 1 atom stereocenters. The Labute approximate surface area is 89.7 Å². The van der Waals surface area contributed by atoms with Crippen LogP contribution in [0.1, 0.15) is 26.1 Å². The molecular formula is C10H18N4O. The molecule has 84 valence electrons. The molecule has 0 aliphatic rings. The summed E-state index contributed by atoms with van der Waals surface area (Å²) in [6.07, 6.45) is 2.61. The number of hydrogen-bond acceptors (Lipinski definition) is 4. The molecule has 15 heavy (non-hydrogen) atoms. The molecule has 5 heteroatoms. The van der Waals surface area contributed by atoms with E-state index in [0.29, 0.717) is 13.0 Å². The number of aromatic nitrogens is 3. The number of rotatable bonds is 6. The van der Waals surface area contributed by atoms with Gasteiger partial charge in [0.25, 0.3) is 0 Å². The third-order valence-corrected chi connectivity index (χ3v) is 2.56. The number of carbonyl (C=O) groups is 1. The largest absolute Gasteiger partial charge is 0.330 e. The van der Waals surface area contributed by atoms with E-state index in [4.69, 9.17) is 5.73 Å². The van der Waals surface area contributed by atoms with Crippen molar-refractivity contribution >= 4 is 5.78 Å². The fourth-order valence-electron chi connectivity index (χ4n) is 1.52. The second-order valence-corrected chi connectivity index (χ2v) is 3.48. The van der Waals surface area contributed by atoms with Crippen LogP contribution in [0.15, 0.2) is 6.33 Å². The van der Waals surface area contributed by atoms with Gasteiger partial charge < -0.3 is 5.73 Å². The molecule has 0 aliphatic heterocycles. The van der Waals surface area contributed by atoms with E-state index in [1.54, 1.807) is 4.68 Å². The van der Waals surface area contributed by atoms with Crippen molar-refractivity contribution in [2.24, 2.45) is 11.7 Å². The van der Waals surface area contributed by atoms with E-state index < -0.39 is 0 Å². The van der Waals surface area contributed by atoms with E-state index in [1.165, 1.54) is 6.33 Å². The Morgan fingerprint density at radius 3 is 2.87 bits per heavy atom. The predicted molar refractivity (Wildman–Crippen MR) is 57.2 cm³/mol. The van der Waals surface area contributed by atoms with Gasteiger partial charge in [0.1, 0.15) is 17.9 Å². The minimum Gasteiger partial charge on any atom is -0.330 e. The van der Waals surface area contributed by atoms with E-state index in [2.05, 4.69) is 10.1 Å². The first-order valence-corrected chi connectivity index (χ1v) is 5.32. The van der Waals surface area contributed by atoms with Gasteiger partial charge in [0.2, 0.25) is 0 Å². The Balaban J connectivity index is 2.65. The quantitative estimate of drug-likeness (QED) is 0.737. The van der Waals surface area contributed by atoms with Crippen LogP contribution in [0.3, 0.4) is 0 Å². The van der Waals surface area contributed by atoms with Crippen molar-refractivity contribution in [3.05, 3.63) is 12.2 Å². The van der Waals surface area contributed by atoms with Crippen molar-refractivity contribution in [2.75, 3.05) is 6.54 Å². The third-order valence-electron chi connectivity index (χ3n) is 2.56. The third kappa shape index (κ3) is 2.86. The lowest BCUT2D eigenvalue weighted by Crippen LogP contribution is -2.25. The van der Waals surface area contributed by atoms with Gasteiger partial charge in [-0.3, -0.25) is 4.79 Å². The van der Waals surface area contributed by atoms with Crippen LogP contribution in [0.5, 0.6) is 0 Å². The highest BCUT2D eigenvalue weighted by Gasteiger charge is 2.17. The molecule has 1 unspecified atom stereocenters. The van der Waals surface area contributed by atoms with E-state index >= 15 is 0 Å². The molecule has 5 nitrogen and oxygen atoms in total. The first-order valence-electron chi connectivity index (χ1n) is 5.32. The first kappa shape index (κ1) is 11.8. The van der Waals surface area contributed by atoms with Crippen molar-refractivity contribution in [2.45, 2.75) is 33.2 Å². The van der Waals surface area contributed by atoms with Gasteiger partial charge in [-0.1, -0.05) is 6.92 Å². The van der Waals surface area contributed by atoms with Gasteiger partial charge in [-0.05, 0) is 13.3 Å². The number of ketones is 1. The molecule has 0 bridgehead atoms. The number of nitrogens with zero attached hydrogens (tertiary/aromatic N) is 3. The zero-order valence-electron chi connectivity index (χ0n) is 9.31. The number of carbonyl (C=O) groups excluding carboxylic acids is 1. The lowest BCUT2D eigenvalue weighted by Gasteiger charge is -2.10. The summed E-state index contributed by atoms with van der Waals surface area (Å²) < 4.78 is 1.74. The van der Waals surface area contributed by atoms with E-state index in [1.807, 2.05) is 13.8 Å². The number of nitrogens with two attached hydrogens (primary N) is 1. The SMILES string of the molecule is CCC(CN)C(=O)Cc1ncnn1CC. The molecule has 1 aromatic heterocycles. The average Bonchev–Trinajstić information content (AvgIpc) is 2.67. The minimum atomic E-state index is -0.0491. The summed E-state index contributed by atoms with van der Waals surface area (Å²) in [5, 5.41) is 4.02. The molecule has 0 spiro atoms. The van der Waals surface area contributed by atoms with Crippen LogP contribution in [-0.2, 0) is 17.8 Å². The lowest BCUT2D eigenvalue weighted by molar-refractivity contribution is -0.122. The maximum atomic E-state index is 11.8. The van der Waals surface area contributed by atoms with E-state index in [-0.39, 0.29) is 11.7 Å². The van der Waals surface area contributed by atoms with Crippen molar-refractivity contribution in [3.63, 3.8) is 0 Å². The van der Waals surface area contributed by atoms with Gasteiger partial charge in [0.15, 0.2) is 0 Å². The van der Waals surface area contributed by atoms with Gasteiger partial charge in [-0.15, -0.1) is 0 Å². The molecule has 2 N–H and O–H groups in total. The Kier molecular flexibility index (Phi) is 4.42. The Bertz CT molecular complexity index is 317. The molecule has 1 aromatic rings. The number of aryl methyl sites for hydroxylation is 1. The summed E-state index contributed by atoms with van der Waals surface area (Å²) in [5.41, 5.74) is 5.52. The van der Waals surface area contributed by atoms with Crippen molar-refractivity contribution in [1.29, 1.82) is 0 Å². The molecule has 1 heterocycles. The normalized spacial score (nSPS) is 12.7. The summed E-state index contributed by atoms with van der Waals surface area (Å²) in [6.45, 7) is 5.10. The molecule has 0 amide bonds. The Morgan fingerprint density at radius 2 is 2.33 bits per heavy atom. The molecule has 0 fully saturated rings. The zero-order valence-corrected chi connectivity index (χ0v) is 9.31. The maximum Gasteiger partial charge on any atom is 0.144 e. The average molecular weight is 210 g/mol. The van der Waals surface area contributed by atoms with Crippen LogP contribution in [0.4, 0.5) is 0 Å². The van der Waals surface area contributed by atoms with Gasteiger partial charge in [0.05, 0.1) is 6.42 Å². The van der Waals surface area contributed by atoms with Crippen LogP contribution >= 0.6 is 0 Å². The fourth-order valence-corrected chi connectivity index (χ4v) is 1.52. The van der Waals surface area contributed by atoms with Crippen molar-refractivity contribution in [1.82, 2.24) is 14.8 Å². The van der Waals surface area contributed by atoms with Gasteiger partial charge >= 0.3 is 0 Å². The fraction of sp³-hybridized carbons (Fsp3) is 0.700. The number of Topliss-reactive ketones (excluding diaryl/α,β-unsaturated/α-hetero) is 1. The van der Waals surface area contributed by atoms with Crippen molar-refractivity contribution < 1.29 is 4.79 Å². The second-order valence-electron chi connectivity index (χ2n) is 3.48. The highest BCUT2D eigenvalue weighted by molar-refractivity contribution is 5.82. The monoisotopic (exact) mass is 210 g/mol. The maximum absolute atomic E-state index is 11.8. The lowest BCUT2D eigenvalue weighted by atomic mass is 9.99. The highest BCUT2D eigenvalue weighted by atomic mass is 16.1. The minimum absolute atomic E-state index is 0.0491. The van der Waals surface area contributed by atoms with Crippen molar-refractivity contribution in [3.8, 4) is 0 Å². The predicted octanol–water partition coefficient (Wildman–Crippen LogP) is 0.394. The molecule has 1 rings (SSSR count). The molecule has 0 aromatic carbocycles. The summed E-state index contributed by atoms with van der Waals surface area (Å²) in [5.74, 6) is 0.837. The standard InChI is InChI=1S/C10H18N4O/c1-3-8(6-11)9(15)5-10-12-7-13-14(10)4-2/h7-8H,3-6,11H2,1-2H3. The Hall–Kier alpha value is -1.23. The molecule has 0 saturated carbocycles. The summed E-state index contributed by atoms with van der Waals surface area (Å²) in [6, 6.07) is 0. The molecule has 0 radical (unpaired) electrons. The zero-order chi connectivity index (χ0) is 11.3. The van der Waals surface area contributed by atoms with Crippen LogP contribution in [0.2, 0.25) is 0 Å². The van der Waals surface area contributed by atoms with Crippen LogP contribution in [0.25, 0.3) is 0 Å². The van der Waals surface area contributed by atoms with E-state index in [0.717, 1.165) is 18.8 Å². The van der Waals surface area contributed by atoms with Crippen LogP contribution < -0.4 is 5.73 Å². The second kappa shape index (κ2) is 5.60. The molecular weight excluding hydrogens is 192 g/mol. The number of hydrogen-bond donors (Lipinski definition) is 1. The molecule has 0 aliphatic carbocycles. The van der Waals surface area contributed by atoms with E-state index in [9.17, 15) is 4.79 Å². The summed E-state index contributed by atoms with van der Waals surface area (Å²) >= 11 is 0. The van der Waals surface area contributed by atoms with Crippen LogP contribution in [0, 0.1) is 5.92 Å². The summed E-state index contributed by atoms with van der Waals surface area (Å²) in [7, 11) is 0. The topological polar surface area (TPSA) is 73.8 Å². The van der Waals surface area contributed by atoms with Gasteiger partial charge in [-0.2, -0.15) is 5.10 Å². The van der Waals surface area contributed by atoms with Gasteiger partial charge in [0, 0.05) is 19.0 Å². The van der Waals surface area contributed by atoms with Gasteiger partial charge in [-0.25, -0.2) is 9.67 Å². The smallest absolute Gasteiger partial charge is 0.144 e. The first-order chi connectivity index (χ1) is 7.22.